The minimum Gasteiger partial charge on any atom is -0.378 e. The summed E-state index contributed by atoms with van der Waals surface area (Å²) in [5, 5.41) is 24.4. The first-order valence-corrected chi connectivity index (χ1v) is 13.7. The monoisotopic (exact) mass is 642 g/mol. The molecule has 46 heavy (non-hydrogen) atoms. The molecule has 1 atom stereocenters. The summed E-state index contributed by atoms with van der Waals surface area (Å²) in [4.78, 5) is 7.64. The smallest absolute Gasteiger partial charge is 0.249 e. The molecule has 0 aliphatic rings. The molecule has 0 spiro atoms. The molecule has 2 radical (unpaired) electrons. The van der Waals surface area contributed by atoms with E-state index in [1.807, 2.05) is 6.07 Å². The Bertz CT molecular complexity index is 2130. The summed E-state index contributed by atoms with van der Waals surface area (Å²) in [6.45, 7) is -0.302. The first kappa shape index (κ1) is 30.5. The molecule has 0 saturated carbocycles. The average molecular weight is 643 g/mol. The van der Waals surface area contributed by atoms with Crippen LogP contribution in [0.2, 0.25) is 5.02 Å². The van der Waals surface area contributed by atoms with Gasteiger partial charge in [0.1, 0.15) is 37.1 Å². The second-order valence-corrected chi connectivity index (χ2v) is 10.5. The molecular weight excluding hydrogens is 626 g/mol. The molecule has 0 aliphatic carbocycles. The van der Waals surface area contributed by atoms with Crippen molar-refractivity contribution in [3.8, 4) is 6.07 Å². The van der Waals surface area contributed by atoms with E-state index in [0.717, 1.165) is 24.4 Å². The number of anilines is 3. The summed E-state index contributed by atoms with van der Waals surface area (Å²) in [7, 11) is 6.92. The van der Waals surface area contributed by atoms with Crippen molar-refractivity contribution in [2.45, 2.75) is 12.0 Å². The van der Waals surface area contributed by atoms with E-state index in [-0.39, 0.29) is 51.0 Å². The van der Waals surface area contributed by atoms with Crippen molar-refractivity contribution in [3.05, 3.63) is 136 Å². The van der Waals surface area contributed by atoms with Crippen LogP contribution in [0.1, 0.15) is 22.4 Å². The second kappa shape index (κ2) is 12.1. The lowest BCUT2D eigenvalue weighted by atomic mass is 9.69. The molecule has 2 N–H and O–H groups in total. The highest BCUT2D eigenvalue weighted by Crippen LogP contribution is 2.38. The number of benzene rings is 3. The SMILES string of the molecule is [B]C(Nc1cc(Cl)c2ncc(C#N)c(Nc3cnc(F)c(F)c3)c2c1)(c1ccc(F)cc1)c1cn(Cc2c(F)cccc2F)nn1. The number of nitrogens with one attached hydrogen (secondary N) is 2. The summed E-state index contributed by atoms with van der Waals surface area (Å²) in [6, 6.07) is 14.6. The van der Waals surface area contributed by atoms with Gasteiger partial charge in [-0.25, -0.2) is 27.2 Å². The Labute approximate surface area is 263 Å². The minimum atomic E-state index is -1.73. The molecule has 226 valence electrons. The number of rotatable bonds is 8. The third-order valence-corrected chi connectivity index (χ3v) is 7.36. The number of halogens is 6. The van der Waals surface area contributed by atoms with E-state index < -0.39 is 34.7 Å². The fourth-order valence-electron chi connectivity index (χ4n) is 4.81. The van der Waals surface area contributed by atoms with E-state index in [9.17, 15) is 27.2 Å². The van der Waals surface area contributed by atoms with Crippen LogP contribution in [0.15, 0.2) is 79.3 Å². The Kier molecular flexibility index (Phi) is 8.01. The summed E-state index contributed by atoms with van der Waals surface area (Å²) in [5.41, 5.74) is -0.788. The van der Waals surface area contributed by atoms with Crippen LogP contribution in [0, 0.1) is 40.5 Å². The standard InChI is InChI=1S/C31H17BClF5N8/c32-31(17-4-6-18(34)7-5-17,27-15-46(45-44-27)14-22-24(35)2-1-3-25(22)36)43-19-8-21-28(42-20-10-26(37)30(38)41-13-20)16(11-39)12-40-29(21)23(33)9-19/h1-10,12-13,15,43H,14H2,(H,40,42). The van der Waals surface area contributed by atoms with Gasteiger partial charge in [0.2, 0.25) is 5.95 Å². The fraction of sp³-hybridized carbons (Fsp3) is 0.0645. The van der Waals surface area contributed by atoms with Crippen molar-refractivity contribution in [3.63, 3.8) is 0 Å². The van der Waals surface area contributed by atoms with Gasteiger partial charge < -0.3 is 10.6 Å². The van der Waals surface area contributed by atoms with Crippen LogP contribution in [0.25, 0.3) is 10.9 Å². The van der Waals surface area contributed by atoms with E-state index in [2.05, 4.69) is 30.9 Å². The largest absolute Gasteiger partial charge is 0.378 e. The molecule has 0 saturated heterocycles. The molecule has 3 aromatic carbocycles. The topological polar surface area (TPSA) is 104 Å². The van der Waals surface area contributed by atoms with Crippen LogP contribution in [0.3, 0.4) is 0 Å². The van der Waals surface area contributed by atoms with Crippen LogP contribution in [0.4, 0.5) is 39.0 Å². The summed E-state index contributed by atoms with van der Waals surface area (Å²) < 4.78 is 71.2. The van der Waals surface area contributed by atoms with Crippen molar-refractivity contribution < 1.29 is 22.0 Å². The van der Waals surface area contributed by atoms with Crippen molar-refractivity contribution >= 4 is 47.4 Å². The van der Waals surface area contributed by atoms with Crippen LogP contribution in [-0.4, -0.2) is 32.8 Å². The van der Waals surface area contributed by atoms with Crippen molar-refractivity contribution in [2.75, 3.05) is 10.6 Å². The van der Waals surface area contributed by atoms with Gasteiger partial charge in [0, 0.05) is 28.9 Å². The highest BCUT2D eigenvalue weighted by molar-refractivity contribution is 6.36. The molecule has 0 bridgehead atoms. The van der Waals surface area contributed by atoms with Gasteiger partial charge in [-0.2, -0.15) is 9.65 Å². The van der Waals surface area contributed by atoms with Gasteiger partial charge in [0.05, 0.1) is 51.9 Å². The molecule has 0 aliphatic heterocycles. The van der Waals surface area contributed by atoms with E-state index in [4.69, 9.17) is 19.4 Å². The van der Waals surface area contributed by atoms with Crippen LogP contribution < -0.4 is 10.6 Å². The maximum Gasteiger partial charge on any atom is 0.249 e. The highest BCUT2D eigenvalue weighted by atomic mass is 35.5. The van der Waals surface area contributed by atoms with E-state index >= 15 is 0 Å². The molecule has 0 amide bonds. The number of nitriles is 1. The Balaban J connectivity index is 1.45. The summed E-state index contributed by atoms with van der Waals surface area (Å²) >= 11 is 6.62. The van der Waals surface area contributed by atoms with Crippen molar-refractivity contribution in [2.24, 2.45) is 0 Å². The maximum absolute atomic E-state index is 14.3. The first-order valence-electron chi connectivity index (χ1n) is 13.3. The lowest BCUT2D eigenvalue weighted by Crippen LogP contribution is -2.37. The lowest BCUT2D eigenvalue weighted by molar-refractivity contribution is 0.480. The number of aromatic nitrogens is 5. The van der Waals surface area contributed by atoms with Gasteiger partial charge in [-0.3, -0.25) is 4.98 Å². The van der Waals surface area contributed by atoms with Crippen LogP contribution in [-0.2, 0) is 12.0 Å². The number of fused-ring (bicyclic) bond motifs is 1. The Morgan fingerprint density at radius 2 is 1.65 bits per heavy atom. The quantitative estimate of drug-likeness (QED) is 0.108. The number of hydrogen-bond acceptors (Lipinski definition) is 7. The molecule has 6 aromatic rings. The van der Waals surface area contributed by atoms with Gasteiger partial charge in [-0.1, -0.05) is 35.0 Å². The lowest BCUT2D eigenvalue weighted by Gasteiger charge is -2.32. The normalized spacial score (nSPS) is 12.5. The zero-order chi connectivity index (χ0) is 32.6. The first-order chi connectivity index (χ1) is 22.0. The minimum absolute atomic E-state index is 0.0415. The number of nitrogens with zero attached hydrogens (tertiary/aromatic N) is 6. The summed E-state index contributed by atoms with van der Waals surface area (Å²) in [5.74, 6) is -4.58. The van der Waals surface area contributed by atoms with Crippen molar-refractivity contribution in [1.29, 1.82) is 5.26 Å². The molecular formula is C31H17BClF5N8. The highest BCUT2D eigenvalue weighted by Gasteiger charge is 2.32. The van der Waals surface area contributed by atoms with E-state index in [1.165, 1.54) is 53.5 Å². The number of pyridine rings is 2. The zero-order valence-electron chi connectivity index (χ0n) is 23.2. The molecule has 6 rings (SSSR count). The second-order valence-electron chi connectivity index (χ2n) is 10.1. The Morgan fingerprint density at radius 3 is 2.35 bits per heavy atom. The van der Waals surface area contributed by atoms with Crippen molar-refractivity contribution in [1.82, 2.24) is 25.0 Å². The zero-order valence-corrected chi connectivity index (χ0v) is 24.0. The number of hydrogen-bond donors (Lipinski definition) is 2. The molecule has 1 unspecified atom stereocenters. The Morgan fingerprint density at radius 1 is 0.913 bits per heavy atom. The molecule has 0 fully saturated rings. The molecule has 8 nitrogen and oxygen atoms in total. The van der Waals surface area contributed by atoms with Gasteiger partial charge in [0.25, 0.3) is 0 Å². The summed E-state index contributed by atoms with van der Waals surface area (Å²) in [6.07, 6.45) is 3.69. The predicted octanol–water partition coefficient (Wildman–Crippen LogP) is 6.72. The van der Waals surface area contributed by atoms with Crippen LogP contribution in [0.5, 0.6) is 0 Å². The van der Waals surface area contributed by atoms with Crippen LogP contribution >= 0.6 is 11.6 Å². The molecule has 15 heteroatoms. The molecule has 3 heterocycles. The van der Waals surface area contributed by atoms with Gasteiger partial charge in [-0.15, -0.1) is 5.10 Å². The average Bonchev–Trinajstić information content (AvgIpc) is 3.51. The molecule has 3 aromatic heterocycles. The predicted molar refractivity (Wildman–Crippen MR) is 161 cm³/mol. The van der Waals surface area contributed by atoms with Gasteiger partial charge >= 0.3 is 0 Å². The van der Waals surface area contributed by atoms with Gasteiger partial charge in [0.15, 0.2) is 5.82 Å². The van der Waals surface area contributed by atoms with E-state index in [1.54, 1.807) is 6.07 Å². The fourth-order valence-corrected chi connectivity index (χ4v) is 5.08. The third kappa shape index (κ3) is 5.80. The third-order valence-electron chi connectivity index (χ3n) is 7.08. The van der Waals surface area contributed by atoms with Gasteiger partial charge in [-0.05, 0) is 42.0 Å². The van der Waals surface area contributed by atoms with E-state index in [0.29, 0.717) is 10.9 Å². The Hall–Kier alpha value is -5.55. The maximum atomic E-state index is 14.3.